The quantitative estimate of drug-likeness (QED) is 0.846. The fourth-order valence-electron chi connectivity index (χ4n) is 4.76. The van der Waals surface area contributed by atoms with E-state index in [2.05, 4.69) is 52.7 Å². The highest BCUT2D eigenvalue weighted by molar-refractivity contribution is 5.28. The van der Waals surface area contributed by atoms with Crippen LogP contribution in [0.1, 0.15) is 39.5 Å². The SMILES string of the molecule is CN1CCN([C@@H]2C[C@@H]3CN(c4nnc(C(C)(C)C)o4)C[C@@H]3C[C@H]2O)CC1. The molecule has 1 saturated carbocycles. The Hall–Kier alpha value is -1.18. The van der Waals surface area contributed by atoms with E-state index in [-0.39, 0.29) is 11.5 Å². The lowest BCUT2D eigenvalue weighted by Gasteiger charge is -2.44. The molecule has 0 unspecified atom stereocenters. The number of piperazine rings is 1. The van der Waals surface area contributed by atoms with Crippen molar-refractivity contribution in [1.29, 1.82) is 0 Å². The minimum atomic E-state index is -0.215. The highest BCUT2D eigenvalue weighted by Crippen LogP contribution is 2.40. The predicted octanol–water partition coefficient (Wildman–Crippen LogP) is 1.19. The number of aromatic nitrogens is 2. The molecule has 4 rings (SSSR count). The van der Waals surface area contributed by atoms with Crippen molar-refractivity contribution in [1.82, 2.24) is 20.0 Å². The van der Waals surface area contributed by atoms with Crippen LogP contribution in [-0.4, -0.2) is 83.6 Å². The molecule has 2 aliphatic heterocycles. The van der Waals surface area contributed by atoms with Gasteiger partial charge >= 0.3 is 6.01 Å². The van der Waals surface area contributed by atoms with Gasteiger partial charge in [0.1, 0.15) is 0 Å². The number of fused-ring (bicyclic) bond motifs is 1. The van der Waals surface area contributed by atoms with Gasteiger partial charge in [0.05, 0.1) is 6.10 Å². The van der Waals surface area contributed by atoms with Gasteiger partial charge in [0.25, 0.3) is 0 Å². The van der Waals surface area contributed by atoms with E-state index < -0.39 is 0 Å². The summed E-state index contributed by atoms with van der Waals surface area (Å²) < 4.78 is 5.95. The minimum Gasteiger partial charge on any atom is -0.407 e. The highest BCUT2D eigenvalue weighted by Gasteiger charge is 2.45. The van der Waals surface area contributed by atoms with Gasteiger partial charge in [-0.25, -0.2) is 0 Å². The van der Waals surface area contributed by atoms with Crippen molar-refractivity contribution in [2.75, 3.05) is 51.2 Å². The first kappa shape index (κ1) is 18.2. The van der Waals surface area contributed by atoms with E-state index in [0.29, 0.717) is 29.8 Å². The largest absolute Gasteiger partial charge is 0.407 e. The Balaban J connectivity index is 1.42. The van der Waals surface area contributed by atoms with Crippen molar-refractivity contribution in [2.45, 2.75) is 51.2 Å². The van der Waals surface area contributed by atoms with Crippen molar-refractivity contribution in [3.8, 4) is 0 Å². The van der Waals surface area contributed by atoms with Crippen molar-refractivity contribution < 1.29 is 9.52 Å². The summed E-state index contributed by atoms with van der Waals surface area (Å²) >= 11 is 0. The minimum absolute atomic E-state index is 0.125. The van der Waals surface area contributed by atoms with Gasteiger partial charge in [-0.05, 0) is 31.7 Å². The molecule has 1 aliphatic carbocycles. The Bertz CT molecular complexity index is 620. The van der Waals surface area contributed by atoms with Crippen molar-refractivity contribution in [3.63, 3.8) is 0 Å². The zero-order chi connectivity index (χ0) is 18.5. The van der Waals surface area contributed by atoms with Gasteiger partial charge in [0.2, 0.25) is 5.89 Å². The van der Waals surface area contributed by atoms with Crippen LogP contribution in [0.15, 0.2) is 4.42 Å². The van der Waals surface area contributed by atoms with Crippen LogP contribution >= 0.6 is 0 Å². The topological polar surface area (TPSA) is 68.9 Å². The molecule has 0 radical (unpaired) electrons. The fourth-order valence-corrected chi connectivity index (χ4v) is 4.76. The molecule has 0 spiro atoms. The second-order valence-electron chi connectivity index (χ2n) is 9.51. The molecule has 2 saturated heterocycles. The Kier molecular flexibility index (Phi) is 4.73. The van der Waals surface area contributed by atoms with Crippen molar-refractivity contribution >= 4 is 6.01 Å². The summed E-state index contributed by atoms with van der Waals surface area (Å²) in [6, 6.07) is 0.952. The number of aliphatic hydroxyl groups is 1. The van der Waals surface area contributed by atoms with Crippen molar-refractivity contribution in [2.24, 2.45) is 11.8 Å². The maximum Gasteiger partial charge on any atom is 0.318 e. The summed E-state index contributed by atoms with van der Waals surface area (Å²) in [7, 11) is 2.18. The maximum atomic E-state index is 10.8. The third-order valence-corrected chi connectivity index (χ3v) is 6.44. The molecule has 146 valence electrons. The molecule has 3 fully saturated rings. The zero-order valence-corrected chi connectivity index (χ0v) is 16.6. The summed E-state index contributed by atoms with van der Waals surface area (Å²) in [4.78, 5) is 7.11. The smallest absolute Gasteiger partial charge is 0.318 e. The monoisotopic (exact) mass is 363 g/mol. The normalized spacial score (nSPS) is 34.3. The summed E-state index contributed by atoms with van der Waals surface area (Å²) in [6.07, 6.45) is 1.75. The second kappa shape index (κ2) is 6.77. The number of aliphatic hydroxyl groups excluding tert-OH is 1. The van der Waals surface area contributed by atoms with Gasteiger partial charge in [-0.2, -0.15) is 0 Å². The lowest BCUT2D eigenvalue weighted by molar-refractivity contribution is -0.0249. The van der Waals surface area contributed by atoms with E-state index in [4.69, 9.17) is 4.42 Å². The molecule has 0 amide bonds. The molecular weight excluding hydrogens is 330 g/mol. The van der Waals surface area contributed by atoms with Crippen molar-refractivity contribution in [3.05, 3.63) is 5.89 Å². The maximum absolute atomic E-state index is 10.8. The first-order valence-corrected chi connectivity index (χ1v) is 10.0. The van der Waals surface area contributed by atoms with Crippen LogP contribution in [0.3, 0.4) is 0 Å². The third-order valence-electron chi connectivity index (χ3n) is 6.44. The van der Waals surface area contributed by atoms with E-state index in [9.17, 15) is 5.11 Å². The molecule has 1 aromatic rings. The number of nitrogens with zero attached hydrogens (tertiary/aromatic N) is 5. The van der Waals surface area contributed by atoms with Crippen LogP contribution in [0, 0.1) is 11.8 Å². The molecule has 3 heterocycles. The van der Waals surface area contributed by atoms with E-state index in [0.717, 1.165) is 52.1 Å². The Morgan fingerprint density at radius 3 is 2.27 bits per heavy atom. The molecule has 4 atom stereocenters. The van der Waals surface area contributed by atoms with Crippen LogP contribution in [0.4, 0.5) is 6.01 Å². The first-order valence-electron chi connectivity index (χ1n) is 10.0. The van der Waals surface area contributed by atoms with Gasteiger partial charge in [-0.1, -0.05) is 25.9 Å². The summed E-state index contributed by atoms with van der Waals surface area (Å²) in [5.74, 6) is 1.82. The number of hydrogen-bond donors (Lipinski definition) is 1. The number of hydrogen-bond acceptors (Lipinski definition) is 7. The third kappa shape index (κ3) is 3.49. The first-order chi connectivity index (χ1) is 12.3. The fraction of sp³-hybridized carbons (Fsp3) is 0.895. The molecular formula is C19H33N5O2. The van der Waals surface area contributed by atoms with E-state index >= 15 is 0 Å². The van der Waals surface area contributed by atoms with Gasteiger partial charge in [0.15, 0.2) is 0 Å². The number of anilines is 1. The van der Waals surface area contributed by atoms with E-state index in [1.807, 2.05) is 0 Å². The zero-order valence-electron chi connectivity index (χ0n) is 16.6. The molecule has 7 heteroatoms. The van der Waals surface area contributed by atoms with Crippen LogP contribution in [0.5, 0.6) is 0 Å². The van der Waals surface area contributed by atoms with Gasteiger partial charge in [-0.3, -0.25) is 4.90 Å². The van der Waals surface area contributed by atoms with Crippen LogP contribution in [-0.2, 0) is 5.41 Å². The van der Waals surface area contributed by atoms with Gasteiger partial charge in [-0.15, -0.1) is 5.10 Å². The average Bonchev–Trinajstić information content (AvgIpc) is 3.20. The molecule has 1 aromatic heterocycles. The summed E-state index contributed by atoms with van der Waals surface area (Å²) in [5, 5.41) is 19.3. The Morgan fingerprint density at radius 1 is 1.00 bits per heavy atom. The summed E-state index contributed by atoms with van der Waals surface area (Å²) in [6.45, 7) is 12.5. The predicted molar refractivity (Wildman–Crippen MR) is 100 cm³/mol. The lowest BCUT2D eigenvalue weighted by atomic mass is 9.77. The molecule has 3 aliphatic rings. The standard InChI is InChI=1S/C19H33N5O2/c1-19(2,3)17-20-21-18(26-17)24-11-13-9-15(16(25)10-14(13)12-24)23-7-5-22(4)6-8-23/h13-16,25H,5-12H2,1-4H3/t13-,14+,15-,16-/m1/s1. The summed E-state index contributed by atoms with van der Waals surface area (Å²) in [5.41, 5.74) is -0.125. The van der Waals surface area contributed by atoms with Crippen LogP contribution in [0.2, 0.25) is 0 Å². The Labute approximate surface area is 156 Å². The molecule has 7 nitrogen and oxygen atoms in total. The Morgan fingerprint density at radius 2 is 1.65 bits per heavy atom. The highest BCUT2D eigenvalue weighted by atomic mass is 16.4. The number of likely N-dealkylation sites (N-methyl/N-ethyl adjacent to an activating group) is 1. The van der Waals surface area contributed by atoms with Crippen LogP contribution < -0.4 is 4.90 Å². The van der Waals surface area contributed by atoms with E-state index in [1.165, 1.54) is 0 Å². The molecule has 26 heavy (non-hydrogen) atoms. The van der Waals surface area contributed by atoms with Crippen LogP contribution in [0.25, 0.3) is 0 Å². The number of rotatable bonds is 2. The molecule has 0 aromatic carbocycles. The second-order valence-corrected chi connectivity index (χ2v) is 9.51. The van der Waals surface area contributed by atoms with Gasteiger partial charge < -0.3 is 19.3 Å². The average molecular weight is 364 g/mol. The van der Waals surface area contributed by atoms with Gasteiger partial charge in [0, 0.05) is 50.7 Å². The molecule has 1 N–H and O–H groups in total. The lowest BCUT2D eigenvalue weighted by Crippen LogP contribution is -2.55. The van der Waals surface area contributed by atoms with E-state index in [1.54, 1.807) is 0 Å². The molecule has 0 bridgehead atoms.